The van der Waals surface area contributed by atoms with Crippen LogP contribution in [0.25, 0.3) is 11.0 Å². The van der Waals surface area contributed by atoms with Crippen molar-refractivity contribution in [1.82, 2.24) is 4.90 Å². The fourth-order valence-corrected chi connectivity index (χ4v) is 3.56. The maximum Gasteiger partial charge on any atom is 0.375 e. The predicted molar refractivity (Wildman–Crippen MR) is 108 cm³/mol. The van der Waals surface area contributed by atoms with Gasteiger partial charge in [-0.25, -0.2) is 4.79 Å². The number of fused-ring (bicyclic) bond motifs is 1. The van der Waals surface area contributed by atoms with Gasteiger partial charge in [-0.05, 0) is 31.0 Å². The second-order valence-corrected chi connectivity index (χ2v) is 7.28. The van der Waals surface area contributed by atoms with Crippen LogP contribution in [0.15, 0.2) is 63.8 Å². The summed E-state index contributed by atoms with van der Waals surface area (Å²) < 4.78 is 11.1. The molecule has 4 rings (SSSR count). The molecular formula is C22H18ClNO5. The zero-order valence-corrected chi connectivity index (χ0v) is 16.2. The first-order chi connectivity index (χ1) is 14.0. The number of hydrogen-bond donors (Lipinski definition) is 0. The molecule has 0 saturated carbocycles. The van der Waals surface area contributed by atoms with Crippen molar-refractivity contribution in [1.29, 1.82) is 0 Å². The highest BCUT2D eigenvalue weighted by Gasteiger charge is 2.32. The average molecular weight is 412 g/mol. The molecule has 2 aromatic carbocycles. The Bertz CT molecular complexity index is 1120. The second kappa shape index (κ2) is 8.09. The molecule has 148 valence electrons. The van der Waals surface area contributed by atoms with E-state index in [1.807, 2.05) is 6.07 Å². The molecule has 0 aliphatic carbocycles. The molecule has 0 spiro atoms. The third kappa shape index (κ3) is 4.03. The lowest BCUT2D eigenvalue weighted by Gasteiger charge is -2.23. The quantitative estimate of drug-likeness (QED) is 0.607. The minimum Gasteiger partial charge on any atom is -0.449 e. The Morgan fingerprint density at radius 3 is 2.48 bits per heavy atom. The number of ether oxygens (including phenoxy) is 1. The molecule has 29 heavy (non-hydrogen) atoms. The van der Waals surface area contributed by atoms with Gasteiger partial charge in [0.2, 0.25) is 11.9 Å². The van der Waals surface area contributed by atoms with Gasteiger partial charge >= 0.3 is 5.97 Å². The van der Waals surface area contributed by atoms with E-state index in [-0.39, 0.29) is 22.6 Å². The molecular weight excluding hydrogens is 394 g/mol. The van der Waals surface area contributed by atoms with Crippen molar-refractivity contribution < 1.29 is 18.7 Å². The Balaban J connectivity index is 1.66. The van der Waals surface area contributed by atoms with E-state index in [2.05, 4.69) is 0 Å². The molecule has 0 radical (unpaired) electrons. The van der Waals surface area contributed by atoms with Crippen molar-refractivity contribution >= 4 is 34.4 Å². The molecule has 1 fully saturated rings. The van der Waals surface area contributed by atoms with Gasteiger partial charge in [-0.3, -0.25) is 9.59 Å². The van der Waals surface area contributed by atoms with Crippen LogP contribution in [-0.2, 0) is 9.53 Å². The largest absolute Gasteiger partial charge is 0.449 e. The van der Waals surface area contributed by atoms with Crippen LogP contribution >= 0.6 is 11.6 Å². The normalized spacial score (nSPS) is 14.7. The van der Waals surface area contributed by atoms with Crippen molar-refractivity contribution in [3.05, 3.63) is 81.2 Å². The number of likely N-dealkylation sites (tertiary alicyclic amines) is 1. The number of rotatable bonds is 4. The van der Waals surface area contributed by atoms with Crippen LogP contribution in [0.1, 0.15) is 35.1 Å². The van der Waals surface area contributed by atoms with E-state index in [1.165, 1.54) is 12.1 Å². The van der Waals surface area contributed by atoms with Crippen molar-refractivity contribution in [3.8, 4) is 0 Å². The minimum atomic E-state index is -1.10. The summed E-state index contributed by atoms with van der Waals surface area (Å²) in [6, 6.07) is 14.4. The van der Waals surface area contributed by atoms with Crippen LogP contribution in [0.4, 0.5) is 0 Å². The Hall–Kier alpha value is -3.12. The first-order valence-corrected chi connectivity index (χ1v) is 9.69. The first kappa shape index (κ1) is 19.2. The number of carbonyl (C=O) groups is 2. The number of benzene rings is 2. The summed E-state index contributed by atoms with van der Waals surface area (Å²) in [7, 11) is 0. The smallest absolute Gasteiger partial charge is 0.375 e. The molecule has 3 aromatic rings. The van der Waals surface area contributed by atoms with E-state index >= 15 is 0 Å². The molecule has 7 heteroatoms. The van der Waals surface area contributed by atoms with Crippen LogP contribution in [-0.4, -0.2) is 29.9 Å². The summed E-state index contributed by atoms with van der Waals surface area (Å²) in [6.45, 7) is 1.26. The lowest BCUT2D eigenvalue weighted by Crippen LogP contribution is -2.35. The summed E-state index contributed by atoms with van der Waals surface area (Å²) in [5.74, 6) is -1.42. The molecule has 2 heterocycles. The molecule has 1 aliphatic rings. The third-order valence-electron chi connectivity index (χ3n) is 4.86. The van der Waals surface area contributed by atoms with E-state index < -0.39 is 17.5 Å². The van der Waals surface area contributed by atoms with Crippen LogP contribution in [0.5, 0.6) is 0 Å². The molecule has 1 amide bonds. The van der Waals surface area contributed by atoms with Crippen molar-refractivity contribution in [3.63, 3.8) is 0 Å². The average Bonchev–Trinajstić information content (AvgIpc) is 3.27. The lowest BCUT2D eigenvalue weighted by atomic mass is 10.1. The summed E-state index contributed by atoms with van der Waals surface area (Å²) in [4.78, 5) is 39.8. The Labute approximate surface area is 171 Å². The SMILES string of the molecule is O=C(O[C@@H](C(=O)N1CCCC1)c1ccccc1)c1cc(=O)c2cc(Cl)ccc2o1. The number of carbonyl (C=O) groups excluding carboxylic acids is 2. The molecule has 1 aromatic heterocycles. The highest BCUT2D eigenvalue weighted by Crippen LogP contribution is 2.25. The topological polar surface area (TPSA) is 76.8 Å². The van der Waals surface area contributed by atoms with Crippen LogP contribution < -0.4 is 5.43 Å². The maximum atomic E-state index is 13.0. The van der Waals surface area contributed by atoms with E-state index in [9.17, 15) is 14.4 Å². The van der Waals surface area contributed by atoms with E-state index in [0.29, 0.717) is 23.7 Å². The fourth-order valence-electron chi connectivity index (χ4n) is 3.39. The van der Waals surface area contributed by atoms with Gasteiger partial charge in [-0.15, -0.1) is 0 Å². The monoisotopic (exact) mass is 411 g/mol. The van der Waals surface area contributed by atoms with Crippen molar-refractivity contribution in [2.24, 2.45) is 0 Å². The Morgan fingerprint density at radius 1 is 1.03 bits per heavy atom. The van der Waals surface area contributed by atoms with Crippen molar-refractivity contribution in [2.75, 3.05) is 13.1 Å². The summed E-state index contributed by atoms with van der Waals surface area (Å²) in [5, 5.41) is 0.655. The highest BCUT2D eigenvalue weighted by molar-refractivity contribution is 6.31. The van der Waals surface area contributed by atoms with Gasteiger partial charge in [0.05, 0.1) is 5.39 Å². The molecule has 0 bridgehead atoms. The molecule has 0 unspecified atom stereocenters. The van der Waals surface area contributed by atoms with Gasteiger partial charge in [0.1, 0.15) is 5.58 Å². The van der Waals surface area contributed by atoms with Gasteiger partial charge in [-0.1, -0.05) is 41.9 Å². The molecule has 1 aliphatic heterocycles. The van der Waals surface area contributed by atoms with E-state index in [4.69, 9.17) is 20.8 Å². The molecule has 0 N–H and O–H groups in total. The van der Waals surface area contributed by atoms with Gasteiger partial charge in [-0.2, -0.15) is 0 Å². The fraction of sp³-hybridized carbons (Fsp3) is 0.227. The van der Waals surface area contributed by atoms with Gasteiger partial charge in [0, 0.05) is 29.7 Å². The third-order valence-corrected chi connectivity index (χ3v) is 5.09. The number of amides is 1. The molecule has 6 nitrogen and oxygen atoms in total. The van der Waals surface area contributed by atoms with Crippen LogP contribution in [0, 0.1) is 0 Å². The van der Waals surface area contributed by atoms with Crippen molar-refractivity contribution in [2.45, 2.75) is 18.9 Å². The first-order valence-electron chi connectivity index (χ1n) is 9.31. The number of nitrogens with zero attached hydrogens (tertiary/aromatic N) is 1. The summed E-state index contributed by atoms with van der Waals surface area (Å²) >= 11 is 5.91. The summed E-state index contributed by atoms with van der Waals surface area (Å²) in [5.41, 5.74) is 0.367. The Kier molecular flexibility index (Phi) is 5.36. The van der Waals surface area contributed by atoms with Gasteiger partial charge in [0.15, 0.2) is 5.43 Å². The van der Waals surface area contributed by atoms with Crippen LogP contribution in [0.3, 0.4) is 0 Å². The number of esters is 1. The molecule has 1 saturated heterocycles. The standard InChI is InChI=1S/C22H18ClNO5/c23-15-8-9-18-16(12-15)17(25)13-19(28-18)22(27)29-20(14-6-2-1-3-7-14)21(26)24-10-4-5-11-24/h1-3,6-9,12-13,20H,4-5,10-11H2/t20-/m1/s1. The zero-order chi connectivity index (χ0) is 20.4. The zero-order valence-electron chi connectivity index (χ0n) is 15.5. The van der Waals surface area contributed by atoms with E-state index in [1.54, 1.807) is 35.2 Å². The summed E-state index contributed by atoms with van der Waals surface area (Å²) in [6.07, 6.45) is 0.736. The number of halogens is 1. The predicted octanol–water partition coefficient (Wildman–Crippen LogP) is 3.97. The minimum absolute atomic E-state index is 0.219. The maximum absolute atomic E-state index is 13.0. The lowest BCUT2D eigenvalue weighted by molar-refractivity contribution is -0.140. The van der Waals surface area contributed by atoms with Gasteiger partial charge < -0.3 is 14.1 Å². The molecule has 1 atom stereocenters. The second-order valence-electron chi connectivity index (χ2n) is 6.84. The van der Waals surface area contributed by atoms with Crippen LogP contribution in [0.2, 0.25) is 5.02 Å². The number of hydrogen-bond acceptors (Lipinski definition) is 5. The Morgan fingerprint density at radius 2 is 1.76 bits per heavy atom. The van der Waals surface area contributed by atoms with Gasteiger partial charge in [0.25, 0.3) is 5.91 Å². The van der Waals surface area contributed by atoms with E-state index in [0.717, 1.165) is 18.9 Å². The highest BCUT2D eigenvalue weighted by atomic mass is 35.5.